The molecule has 0 amide bonds. The average Bonchev–Trinajstić information content (AvgIpc) is 2.93. The number of nitrogens with one attached hydrogen (secondary N) is 1. The second-order valence-electron chi connectivity index (χ2n) is 8.24. The molecule has 3 nitrogen and oxygen atoms in total. The Balaban J connectivity index is 1.32. The van der Waals surface area contributed by atoms with E-state index in [-0.39, 0.29) is 5.41 Å². The largest absolute Gasteiger partial charge is 0.333 e. The highest BCUT2D eigenvalue weighted by Gasteiger charge is 2.54. The van der Waals surface area contributed by atoms with Crippen LogP contribution in [-0.4, -0.2) is 21.5 Å². The van der Waals surface area contributed by atoms with Crippen LogP contribution in [0.2, 0.25) is 0 Å². The van der Waals surface area contributed by atoms with Crippen molar-refractivity contribution in [2.45, 2.75) is 43.7 Å². The number of benzene rings is 1. The highest BCUT2D eigenvalue weighted by atomic mass is 32.2. The lowest BCUT2D eigenvalue weighted by atomic mass is 9.48. The van der Waals surface area contributed by atoms with Crippen LogP contribution in [0.15, 0.2) is 17.3 Å². The summed E-state index contributed by atoms with van der Waals surface area (Å²) in [4.78, 5) is 20.3. The zero-order valence-electron chi connectivity index (χ0n) is 13.9. The number of hydrogen-bond acceptors (Lipinski definition) is 3. The van der Waals surface area contributed by atoms with E-state index in [9.17, 15) is 13.6 Å². The lowest BCUT2D eigenvalue weighted by Gasteiger charge is -2.56. The smallest absolute Gasteiger partial charge is 0.166 e. The van der Waals surface area contributed by atoms with Crippen LogP contribution >= 0.6 is 11.8 Å². The molecule has 4 saturated carbocycles. The highest BCUT2D eigenvalue weighted by molar-refractivity contribution is 7.99. The standard InChI is InChI=1S/C19H20F2N2OS/c20-13-4-15-16(5-14(13)21)23-18(22-15)25-9-17(24)19-6-10-1-11(7-19)3-12(2-10)8-19/h4-5,10-12H,1-3,6-9H2,(H,22,23). The van der Waals surface area contributed by atoms with Gasteiger partial charge in [-0.25, -0.2) is 13.8 Å². The van der Waals surface area contributed by atoms with Crippen molar-refractivity contribution in [3.8, 4) is 0 Å². The minimum Gasteiger partial charge on any atom is -0.333 e. The monoisotopic (exact) mass is 362 g/mol. The van der Waals surface area contributed by atoms with E-state index in [1.54, 1.807) is 0 Å². The van der Waals surface area contributed by atoms with Gasteiger partial charge in [-0.15, -0.1) is 0 Å². The summed E-state index contributed by atoms with van der Waals surface area (Å²) in [7, 11) is 0. The predicted octanol–water partition coefficient (Wildman–Crippen LogP) is 4.72. The Morgan fingerprint density at radius 1 is 1.12 bits per heavy atom. The van der Waals surface area contributed by atoms with E-state index in [2.05, 4.69) is 9.97 Å². The van der Waals surface area contributed by atoms with E-state index in [1.165, 1.54) is 31.0 Å². The summed E-state index contributed by atoms with van der Waals surface area (Å²) in [6.07, 6.45) is 7.15. The second-order valence-corrected chi connectivity index (χ2v) is 9.20. The van der Waals surface area contributed by atoms with Gasteiger partial charge in [-0.1, -0.05) is 11.8 Å². The fraction of sp³-hybridized carbons (Fsp3) is 0.579. The number of hydrogen-bond donors (Lipinski definition) is 1. The normalized spacial score (nSPS) is 33.3. The van der Waals surface area contributed by atoms with E-state index in [1.807, 2.05) is 0 Å². The van der Waals surface area contributed by atoms with Crippen molar-refractivity contribution in [1.82, 2.24) is 9.97 Å². The molecule has 4 fully saturated rings. The van der Waals surface area contributed by atoms with Crippen molar-refractivity contribution in [3.63, 3.8) is 0 Å². The minimum absolute atomic E-state index is 0.105. The molecule has 1 N–H and O–H groups in total. The molecule has 0 radical (unpaired) electrons. The number of aromatic nitrogens is 2. The number of Topliss-reactive ketones (excluding diaryl/α,β-unsaturated/α-hetero) is 1. The highest BCUT2D eigenvalue weighted by Crippen LogP contribution is 2.60. The maximum absolute atomic E-state index is 13.3. The number of ketones is 1. The molecule has 0 unspecified atom stereocenters. The zero-order valence-corrected chi connectivity index (χ0v) is 14.7. The van der Waals surface area contributed by atoms with Gasteiger partial charge in [0.15, 0.2) is 16.8 Å². The number of fused-ring (bicyclic) bond motifs is 1. The SMILES string of the molecule is O=C(CSc1nc2cc(F)c(F)cc2[nH]1)C12CC3CC(CC(C3)C1)C2. The minimum atomic E-state index is -0.903. The molecule has 2 aromatic rings. The van der Waals surface area contributed by atoms with Gasteiger partial charge in [0.05, 0.1) is 16.8 Å². The molecule has 6 rings (SSSR count). The molecule has 0 atom stereocenters. The lowest BCUT2D eigenvalue weighted by Crippen LogP contribution is -2.50. The molecule has 25 heavy (non-hydrogen) atoms. The Labute approximate surface area is 149 Å². The Bertz CT molecular complexity index is 788. The van der Waals surface area contributed by atoms with Crippen molar-refractivity contribution >= 4 is 28.6 Å². The summed E-state index contributed by atoms with van der Waals surface area (Å²) in [6, 6.07) is 2.20. The first-order valence-electron chi connectivity index (χ1n) is 9.02. The Kier molecular flexibility index (Phi) is 3.50. The number of halogens is 2. The molecule has 0 spiro atoms. The lowest BCUT2D eigenvalue weighted by molar-refractivity contribution is -0.141. The summed E-state index contributed by atoms with van der Waals surface area (Å²) in [5, 5.41) is 0.554. The number of rotatable bonds is 4. The molecule has 0 aliphatic heterocycles. The quantitative estimate of drug-likeness (QED) is 0.801. The van der Waals surface area contributed by atoms with Gasteiger partial charge in [0.2, 0.25) is 0 Å². The third kappa shape index (κ3) is 2.60. The number of carbonyl (C=O) groups excluding carboxylic acids is 1. The van der Waals surface area contributed by atoms with Crippen LogP contribution in [0.5, 0.6) is 0 Å². The van der Waals surface area contributed by atoms with E-state index < -0.39 is 11.6 Å². The molecule has 4 aliphatic carbocycles. The summed E-state index contributed by atoms with van der Waals surface area (Å²) in [6.45, 7) is 0. The van der Waals surface area contributed by atoms with E-state index >= 15 is 0 Å². The fourth-order valence-electron chi connectivity index (χ4n) is 5.79. The van der Waals surface area contributed by atoms with E-state index in [0.29, 0.717) is 27.7 Å². The van der Waals surface area contributed by atoms with Gasteiger partial charge in [-0.2, -0.15) is 0 Å². The molecule has 132 valence electrons. The maximum Gasteiger partial charge on any atom is 0.166 e. The number of imidazole rings is 1. The van der Waals surface area contributed by atoms with Gasteiger partial charge < -0.3 is 4.98 Å². The number of aromatic amines is 1. The number of H-pyrrole nitrogens is 1. The van der Waals surface area contributed by atoms with Crippen LogP contribution < -0.4 is 0 Å². The molecule has 1 heterocycles. The number of thioether (sulfide) groups is 1. The number of carbonyl (C=O) groups is 1. The molecular formula is C19H20F2N2OS. The van der Waals surface area contributed by atoms with Crippen LogP contribution in [0.3, 0.4) is 0 Å². The predicted molar refractivity (Wildman–Crippen MR) is 92.3 cm³/mol. The molecule has 6 heteroatoms. The van der Waals surface area contributed by atoms with Gasteiger partial charge in [-0.05, 0) is 56.3 Å². The van der Waals surface area contributed by atoms with Crippen LogP contribution in [0.25, 0.3) is 11.0 Å². The van der Waals surface area contributed by atoms with E-state index in [0.717, 1.165) is 49.1 Å². The molecule has 4 bridgehead atoms. The third-order valence-electron chi connectivity index (χ3n) is 6.47. The van der Waals surface area contributed by atoms with E-state index in [4.69, 9.17) is 0 Å². The summed E-state index contributed by atoms with van der Waals surface area (Å²) in [5.41, 5.74) is 0.749. The number of nitrogens with zero attached hydrogens (tertiary/aromatic N) is 1. The van der Waals surface area contributed by atoms with Gasteiger partial charge in [0.25, 0.3) is 0 Å². The molecule has 1 aromatic carbocycles. The summed E-state index contributed by atoms with van der Waals surface area (Å²) in [5.74, 6) is 1.18. The van der Waals surface area contributed by atoms with Crippen LogP contribution in [-0.2, 0) is 4.79 Å². The van der Waals surface area contributed by atoms with Crippen molar-refractivity contribution in [3.05, 3.63) is 23.8 Å². The van der Waals surface area contributed by atoms with Crippen molar-refractivity contribution in [1.29, 1.82) is 0 Å². The Hall–Kier alpha value is -1.43. The maximum atomic E-state index is 13.3. The fourth-order valence-corrected chi connectivity index (χ4v) is 6.71. The first-order chi connectivity index (χ1) is 12.0. The van der Waals surface area contributed by atoms with Crippen molar-refractivity contribution in [2.75, 3.05) is 5.75 Å². The molecule has 4 aliphatic rings. The van der Waals surface area contributed by atoms with Crippen LogP contribution in [0.1, 0.15) is 38.5 Å². The van der Waals surface area contributed by atoms with Crippen molar-refractivity contribution in [2.24, 2.45) is 23.2 Å². The third-order valence-corrected chi connectivity index (χ3v) is 7.35. The first-order valence-corrected chi connectivity index (χ1v) is 10.0. The average molecular weight is 362 g/mol. The van der Waals surface area contributed by atoms with Gasteiger partial charge in [-0.3, -0.25) is 4.79 Å². The zero-order chi connectivity index (χ0) is 17.2. The van der Waals surface area contributed by atoms with Crippen LogP contribution in [0, 0.1) is 34.8 Å². The van der Waals surface area contributed by atoms with Gasteiger partial charge in [0, 0.05) is 17.5 Å². The second kappa shape index (κ2) is 5.53. The Morgan fingerprint density at radius 2 is 1.72 bits per heavy atom. The Morgan fingerprint density at radius 3 is 2.36 bits per heavy atom. The molecular weight excluding hydrogens is 342 g/mol. The van der Waals surface area contributed by atoms with Crippen LogP contribution in [0.4, 0.5) is 8.78 Å². The topological polar surface area (TPSA) is 45.8 Å². The molecule has 1 aromatic heterocycles. The summed E-state index contributed by atoms with van der Waals surface area (Å²) < 4.78 is 26.6. The van der Waals surface area contributed by atoms with Gasteiger partial charge in [0.1, 0.15) is 5.78 Å². The first kappa shape index (κ1) is 15.8. The molecule has 0 saturated heterocycles. The van der Waals surface area contributed by atoms with Gasteiger partial charge >= 0.3 is 0 Å². The van der Waals surface area contributed by atoms with Crippen molar-refractivity contribution < 1.29 is 13.6 Å². The summed E-state index contributed by atoms with van der Waals surface area (Å²) >= 11 is 1.35.